The average molecular weight is 171 g/mol. The van der Waals surface area contributed by atoms with Crippen molar-refractivity contribution in [1.29, 1.82) is 0 Å². The molecule has 0 aromatic carbocycles. The highest BCUT2D eigenvalue weighted by atomic mass is 19.4. The Morgan fingerprint density at radius 2 is 1.64 bits per heavy atom. The van der Waals surface area contributed by atoms with E-state index in [0.29, 0.717) is 0 Å². The van der Waals surface area contributed by atoms with Crippen LogP contribution in [0.1, 0.15) is 13.8 Å². The molecule has 68 valence electrons. The van der Waals surface area contributed by atoms with Crippen LogP contribution in [0.2, 0.25) is 0 Å². The summed E-state index contributed by atoms with van der Waals surface area (Å²) in [4.78, 5) is 0. The fraction of sp³-hybridized carbons (Fsp3) is 1.00. The van der Waals surface area contributed by atoms with E-state index in [0.717, 1.165) is 0 Å². The summed E-state index contributed by atoms with van der Waals surface area (Å²) in [5.74, 6) is 0. The molecule has 0 radical (unpaired) electrons. The van der Waals surface area contributed by atoms with E-state index in [4.69, 9.17) is 5.73 Å². The molecule has 0 aliphatic heterocycles. The van der Waals surface area contributed by atoms with Crippen LogP contribution in [0.5, 0.6) is 0 Å². The minimum absolute atomic E-state index is 0.0908. The predicted octanol–water partition coefficient (Wildman–Crippen LogP) is 1.30. The summed E-state index contributed by atoms with van der Waals surface area (Å²) in [5, 5.41) is 0. The zero-order chi connectivity index (χ0) is 9.12. The molecule has 0 fully saturated rings. The summed E-state index contributed by atoms with van der Waals surface area (Å²) in [6.07, 6.45) is -4.26. The third-order valence-corrected chi connectivity index (χ3v) is 0.740. The third kappa shape index (κ3) is 9.71. The standard InChI is InChI=1S/C6H12F3NO/c1-5(2,10)3-11-4-6(7,8)9/h3-4,10H2,1-2H3. The van der Waals surface area contributed by atoms with Crippen molar-refractivity contribution in [1.82, 2.24) is 0 Å². The van der Waals surface area contributed by atoms with E-state index in [1.165, 1.54) is 0 Å². The molecular formula is C6H12F3NO. The fourth-order valence-electron chi connectivity index (χ4n) is 0.430. The van der Waals surface area contributed by atoms with Crippen molar-refractivity contribution >= 4 is 0 Å². The van der Waals surface area contributed by atoms with Gasteiger partial charge in [0.25, 0.3) is 0 Å². The highest BCUT2D eigenvalue weighted by molar-refractivity contribution is 4.70. The van der Waals surface area contributed by atoms with Gasteiger partial charge in [0.05, 0.1) is 6.61 Å². The number of ether oxygens (including phenoxy) is 1. The summed E-state index contributed by atoms with van der Waals surface area (Å²) in [7, 11) is 0. The molecule has 0 spiro atoms. The Morgan fingerprint density at radius 1 is 1.18 bits per heavy atom. The number of halogens is 3. The van der Waals surface area contributed by atoms with E-state index in [1.807, 2.05) is 0 Å². The lowest BCUT2D eigenvalue weighted by Gasteiger charge is -2.18. The van der Waals surface area contributed by atoms with Crippen LogP contribution in [-0.2, 0) is 4.74 Å². The van der Waals surface area contributed by atoms with Gasteiger partial charge in [0, 0.05) is 5.54 Å². The summed E-state index contributed by atoms with van der Waals surface area (Å²) < 4.78 is 38.7. The van der Waals surface area contributed by atoms with Gasteiger partial charge in [-0.15, -0.1) is 0 Å². The van der Waals surface area contributed by atoms with Gasteiger partial charge in [-0.05, 0) is 13.8 Å². The van der Waals surface area contributed by atoms with Gasteiger partial charge >= 0.3 is 6.18 Å². The van der Waals surface area contributed by atoms with Crippen molar-refractivity contribution in [2.75, 3.05) is 13.2 Å². The van der Waals surface area contributed by atoms with Crippen molar-refractivity contribution in [3.63, 3.8) is 0 Å². The van der Waals surface area contributed by atoms with Crippen LogP contribution in [0.25, 0.3) is 0 Å². The topological polar surface area (TPSA) is 35.2 Å². The van der Waals surface area contributed by atoms with Crippen molar-refractivity contribution in [2.24, 2.45) is 5.73 Å². The van der Waals surface area contributed by atoms with E-state index in [2.05, 4.69) is 4.74 Å². The zero-order valence-electron chi connectivity index (χ0n) is 6.53. The molecule has 0 unspecified atom stereocenters. The normalized spacial score (nSPS) is 13.6. The molecule has 2 nitrogen and oxygen atoms in total. The first-order chi connectivity index (χ1) is 4.71. The molecule has 0 bridgehead atoms. The van der Waals surface area contributed by atoms with Crippen molar-refractivity contribution in [3.05, 3.63) is 0 Å². The van der Waals surface area contributed by atoms with E-state index >= 15 is 0 Å². The second-order valence-corrected chi connectivity index (χ2v) is 3.10. The lowest BCUT2D eigenvalue weighted by molar-refractivity contribution is -0.176. The second kappa shape index (κ2) is 3.40. The Hall–Kier alpha value is -0.290. The summed E-state index contributed by atoms with van der Waals surface area (Å²) in [6, 6.07) is 0. The Bertz CT molecular complexity index is 102. The molecule has 0 aliphatic rings. The number of hydrogen-bond acceptors (Lipinski definition) is 2. The van der Waals surface area contributed by atoms with Crippen LogP contribution in [0.3, 0.4) is 0 Å². The SMILES string of the molecule is CC(C)(N)COCC(F)(F)F. The first-order valence-electron chi connectivity index (χ1n) is 3.14. The van der Waals surface area contributed by atoms with Crippen LogP contribution < -0.4 is 5.73 Å². The number of rotatable bonds is 3. The maximum Gasteiger partial charge on any atom is 0.411 e. The Balaban J connectivity index is 3.44. The van der Waals surface area contributed by atoms with E-state index < -0.39 is 18.3 Å². The van der Waals surface area contributed by atoms with Crippen molar-refractivity contribution in [3.8, 4) is 0 Å². The first-order valence-corrected chi connectivity index (χ1v) is 3.14. The molecule has 0 saturated heterocycles. The maximum absolute atomic E-state index is 11.5. The largest absolute Gasteiger partial charge is 0.411 e. The Kier molecular flexibility index (Phi) is 3.31. The van der Waals surface area contributed by atoms with E-state index in [1.54, 1.807) is 13.8 Å². The quantitative estimate of drug-likeness (QED) is 0.694. The van der Waals surface area contributed by atoms with Gasteiger partial charge in [-0.1, -0.05) is 0 Å². The highest BCUT2D eigenvalue weighted by Crippen LogP contribution is 2.14. The van der Waals surface area contributed by atoms with Crippen molar-refractivity contribution < 1.29 is 17.9 Å². The molecule has 0 aromatic rings. The molecule has 5 heteroatoms. The average Bonchev–Trinajstić information content (AvgIpc) is 1.55. The minimum atomic E-state index is -4.26. The lowest BCUT2D eigenvalue weighted by Crippen LogP contribution is -2.38. The van der Waals surface area contributed by atoms with Gasteiger partial charge < -0.3 is 10.5 Å². The second-order valence-electron chi connectivity index (χ2n) is 3.10. The number of alkyl halides is 3. The monoisotopic (exact) mass is 171 g/mol. The Labute approximate surface area is 63.5 Å². The van der Waals surface area contributed by atoms with Gasteiger partial charge in [-0.3, -0.25) is 0 Å². The zero-order valence-corrected chi connectivity index (χ0v) is 6.53. The summed E-state index contributed by atoms with van der Waals surface area (Å²) in [6.45, 7) is 1.88. The minimum Gasteiger partial charge on any atom is -0.370 e. The van der Waals surface area contributed by atoms with Gasteiger partial charge in [0.15, 0.2) is 0 Å². The highest BCUT2D eigenvalue weighted by Gasteiger charge is 2.28. The van der Waals surface area contributed by atoms with E-state index in [9.17, 15) is 13.2 Å². The molecule has 0 rings (SSSR count). The molecule has 0 aromatic heterocycles. The molecule has 0 amide bonds. The molecule has 11 heavy (non-hydrogen) atoms. The van der Waals surface area contributed by atoms with Gasteiger partial charge in [0.2, 0.25) is 0 Å². The summed E-state index contributed by atoms with van der Waals surface area (Å²) in [5.41, 5.74) is 4.67. The fourth-order valence-corrected chi connectivity index (χ4v) is 0.430. The van der Waals surface area contributed by atoms with Crippen molar-refractivity contribution in [2.45, 2.75) is 25.6 Å². The smallest absolute Gasteiger partial charge is 0.370 e. The van der Waals surface area contributed by atoms with E-state index in [-0.39, 0.29) is 6.61 Å². The van der Waals surface area contributed by atoms with Crippen LogP contribution in [0.4, 0.5) is 13.2 Å². The van der Waals surface area contributed by atoms with Gasteiger partial charge in [-0.25, -0.2) is 0 Å². The lowest BCUT2D eigenvalue weighted by atomic mass is 10.1. The summed E-state index contributed by atoms with van der Waals surface area (Å²) >= 11 is 0. The van der Waals surface area contributed by atoms with Crippen LogP contribution in [0, 0.1) is 0 Å². The first kappa shape index (κ1) is 10.7. The van der Waals surface area contributed by atoms with Crippen LogP contribution in [-0.4, -0.2) is 24.9 Å². The number of nitrogens with two attached hydrogens (primary N) is 1. The molecular weight excluding hydrogens is 159 g/mol. The molecule has 0 saturated carbocycles. The van der Waals surface area contributed by atoms with Crippen LogP contribution >= 0.6 is 0 Å². The van der Waals surface area contributed by atoms with Gasteiger partial charge in [0.1, 0.15) is 6.61 Å². The van der Waals surface area contributed by atoms with Gasteiger partial charge in [-0.2, -0.15) is 13.2 Å². The van der Waals surface area contributed by atoms with Crippen LogP contribution in [0.15, 0.2) is 0 Å². The number of hydrogen-bond donors (Lipinski definition) is 1. The Morgan fingerprint density at radius 3 is 1.91 bits per heavy atom. The maximum atomic E-state index is 11.5. The molecule has 2 N–H and O–H groups in total. The molecule has 0 aliphatic carbocycles. The predicted molar refractivity (Wildman–Crippen MR) is 35.1 cm³/mol. The molecule has 0 heterocycles. The third-order valence-electron chi connectivity index (χ3n) is 0.740. The molecule has 0 atom stereocenters.